The third kappa shape index (κ3) is 6.20. The second kappa shape index (κ2) is 11.5. The van der Waals surface area contributed by atoms with Gasteiger partial charge in [0.2, 0.25) is 17.7 Å². The highest BCUT2D eigenvalue weighted by Crippen LogP contribution is 2.37. The number of carbonyl (C=O) groups excluding carboxylic acids is 4. The number of benzene rings is 1. The molecule has 11 heteroatoms. The Bertz CT molecular complexity index is 1010. The SMILES string of the molecule is CNC(=O)N1C[C@H](C(=O)NCc2ccc(F)cc2)[C@@H]2[C@H]1CCN2C(=O)[C@@H](NC(=O)[C@@H](C)NC)C(C)(C)C. The summed E-state index contributed by atoms with van der Waals surface area (Å²) in [5, 5.41) is 11.3. The summed E-state index contributed by atoms with van der Waals surface area (Å²) in [6, 6.07) is 3.40. The molecule has 204 valence electrons. The van der Waals surface area contributed by atoms with E-state index in [4.69, 9.17) is 0 Å². The average molecular weight is 519 g/mol. The minimum Gasteiger partial charge on any atom is -0.352 e. The molecule has 2 saturated heterocycles. The van der Waals surface area contributed by atoms with E-state index in [1.807, 2.05) is 20.8 Å². The van der Waals surface area contributed by atoms with E-state index in [0.29, 0.717) is 13.0 Å². The monoisotopic (exact) mass is 518 g/mol. The number of likely N-dealkylation sites (tertiary alicyclic amines) is 2. The number of halogens is 1. The number of amides is 5. The molecule has 37 heavy (non-hydrogen) atoms. The fourth-order valence-electron chi connectivity index (χ4n) is 5.09. The molecule has 0 spiro atoms. The first kappa shape index (κ1) is 28.4. The molecule has 0 unspecified atom stereocenters. The second-order valence-electron chi connectivity index (χ2n) is 10.9. The van der Waals surface area contributed by atoms with Gasteiger partial charge in [-0.05, 0) is 43.5 Å². The smallest absolute Gasteiger partial charge is 0.317 e. The van der Waals surface area contributed by atoms with Crippen molar-refractivity contribution < 1.29 is 23.6 Å². The number of nitrogens with zero attached hydrogens (tertiary/aromatic N) is 2. The molecule has 3 rings (SSSR count). The third-order valence-electron chi connectivity index (χ3n) is 7.33. The Morgan fingerprint density at radius 3 is 2.30 bits per heavy atom. The van der Waals surface area contributed by atoms with E-state index in [-0.39, 0.29) is 48.7 Å². The molecule has 0 radical (unpaired) electrons. The van der Waals surface area contributed by atoms with Crippen LogP contribution in [0.2, 0.25) is 0 Å². The van der Waals surface area contributed by atoms with Crippen LogP contribution in [0.1, 0.15) is 39.7 Å². The number of hydrogen-bond acceptors (Lipinski definition) is 5. The minimum absolute atomic E-state index is 0.164. The van der Waals surface area contributed by atoms with Crippen molar-refractivity contribution in [1.82, 2.24) is 31.1 Å². The predicted molar refractivity (Wildman–Crippen MR) is 137 cm³/mol. The highest BCUT2D eigenvalue weighted by atomic mass is 19.1. The fourth-order valence-corrected chi connectivity index (χ4v) is 5.09. The largest absolute Gasteiger partial charge is 0.352 e. The van der Waals surface area contributed by atoms with E-state index in [0.717, 1.165) is 5.56 Å². The van der Waals surface area contributed by atoms with Gasteiger partial charge in [-0.1, -0.05) is 32.9 Å². The van der Waals surface area contributed by atoms with Crippen LogP contribution in [-0.2, 0) is 20.9 Å². The van der Waals surface area contributed by atoms with Crippen LogP contribution in [-0.4, -0.2) is 84.9 Å². The molecule has 4 N–H and O–H groups in total. The molecule has 0 bridgehead atoms. The first-order valence-electron chi connectivity index (χ1n) is 12.7. The highest BCUT2D eigenvalue weighted by molar-refractivity contribution is 5.91. The van der Waals surface area contributed by atoms with Crippen molar-refractivity contribution in [1.29, 1.82) is 0 Å². The summed E-state index contributed by atoms with van der Waals surface area (Å²) < 4.78 is 13.2. The van der Waals surface area contributed by atoms with Crippen molar-refractivity contribution in [2.45, 2.75) is 64.8 Å². The Morgan fingerprint density at radius 1 is 1.08 bits per heavy atom. The molecule has 0 aliphatic carbocycles. The second-order valence-corrected chi connectivity index (χ2v) is 10.9. The Balaban J connectivity index is 1.85. The summed E-state index contributed by atoms with van der Waals surface area (Å²) in [4.78, 5) is 55.9. The molecule has 0 saturated carbocycles. The van der Waals surface area contributed by atoms with Crippen LogP contribution in [0.4, 0.5) is 9.18 Å². The van der Waals surface area contributed by atoms with Gasteiger partial charge in [0, 0.05) is 26.7 Å². The van der Waals surface area contributed by atoms with Crippen LogP contribution < -0.4 is 21.3 Å². The number of hydrogen-bond donors (Lipinski definition) is 4. The van der Waals surface area contributed by atoms with Crippen molar-refractivity contribution in [3.8, 4) is 0 Å². The Labute approximate surface area is 217 Å². The fraction of sp³-hybridized carbons (Fsp3) is 0.615. The van der Waals surface area contributed by atoms with Crippen molar-refractivity contribution in [3.63, 3.8) is 0 Å². The van der Waals surface area contributed by atoms with Gasteiger partial charge < -0.3 is 31.1 Å². The molecule has 2 heterocycles. The van der Waals surface area contributed by atoms with Crippen LogP contribution in [0.25, 0.3) is 0 Å². The summed E-state index contributed by atoms with van der Waals surface area (Å²) in [6.45, 7) is 8.09. The lowest BCUT2D eigenvalue weighted by atomic mass is 9.85. The zero-order valence-corrected chi connectivity index (χ0v) is 22.4. The normalized spacial score (nSPS) is 22.7. The van der Waals surface area contributed by atoms with Crippen molar-refractivity contribution >= 4 is 23.8 Å². The molecule has 0 aromatic heterocycles. The van der Waals surface area contributed by atoms with E-state index in [2.05, 4.69) is 21.3 Å². The third-order valence-corrected chi connectivity index (χ3v) is 7.33. The topological polar surface area (TPSA) is 123 Å². The van der Waals surface area contributed by atoms with E-state index >= 15 is 0 Å². The molecule has 1 aromatic carbocycles. The predicted octanol–water partition coefficient (Wildman–Crippen LogP) is 0.821. The van der Waals surface area contributed by atoms with Gasteiger partial charge in [-0.2, -0.15) is 0 Å². The van der Waals surface area contributed by atoms with Crippen molar-refractivity contribution in [2.75, 3.05) is 27.2 Å². The van der Waals surface area contributed by atoms with Crippen molar-refractivity contribution in [2.24, 2.45) is 11.3 Å². The number of nitrogens with one attached hydrogen (secondary N) is 4. The number of likely N-dealkylation sites (N-methyl/N-ethyl adjacent to an activating group) is 1. The number of urea groups is 1. The maximum atomic E-state index is 13.9. The summed E-state index contributed by atoms with van der Waals surface area (Å²) in [5.41, 5.74) is 0.151. The summed E-state index contributed by atoms with van der Waals surface area (Å²) in [6.07, 6.45) is 0.531. The zero-order valence-electron chi connectivity index (χ0n) is 22.4. The van der Waals surface area contributed by atoms with Crippen molar-refractivity contribution in [3.05, 3.63) is 35.6 Å². The number of fused-ring (bicyclic) bond motifs is 1. The Hall–Kier alpha value is -3.21. The van der Waals surface area contributed by atoms with Gasteiger partial charge >= 0.3 is 6.03 Å². The molecule has 10 nitrogen and oxygen atoms in total. The Morgan fingerprint density at radius 2 is 1.73 bits per heavy atom. The molecule has 2 aliphatic heterocycles. The first-order valence-corrected chi connectivity index (χ1v) is 12.7. The minimum atomic E-state index is -0.813. The summed E-state index contributed by atoms with van der Waals surface area (Å²) in [7, 11) is 3.20. The molecule has 1 aromatic rings. The van der Waals surface area contributed by atoms with Gasteiger partial charge in [0.25, 0.3) is 0 Å². The van der Waals surface area contributed by atoms with Crippen LogP contribution in [0.15, 0.2) is 24.3 Å². The Kier molecular flexibility index (Phi) is 8.78. The highest BCUT2D eigenvalue weighted by Gasteiger charge is 2.55. The lowest BCUT2D eigenvalue weighted by Gasteiger charge is -2.37. The van der Waals surface area contributed by atoms with E-state index in [9.17, 15) is 23.6 Å². The maximum absolute atomic E-state index is 13.9. The molecule has 2 aliphatic rings. The molecule has 5 atom stereocenters. The van der Waals surface area contributed by atoms with Gasteiger partial charge in [-0.3, -0.25) is 14.4 Å². The van der Waals surface area contributed by atoms with Gasteiger partial charge in [0.15, 0.2) is 0 Å². The van der Waals surface area contributed by atoms with E-state index in [1.54, 1.807) is 35.9 Å². The quantitative estimate of drug-likeness (QED) is 0.426. The lowest BCUT2D eigenvalue weighted by molar-refractivity contribution is -0.142. The number of rotatable bonds is 7. The summed E-state index contributed by atoms with van der Waals surface area (Å²) >= 11 is 0. The van der Waals surface area contributed by atoms with Crippen LogP contribution in [0, 0.1) is 17.2 Å². The molecular weight excluding hydrogens is 479 g/mol. The number of carbonyl (C=O) groups is 4. The van der Waals surface area contributed by atoms with Gasteiger partial charge in [0.1, 0.15) is 11.9 Å². The van der Waals surface area contributed by atoms with Crippen LogP contribution in [0.5, 0.6) is 0 Å². The van der Waals surface area contributed by atoms with E-state index < -0.39 is 29.5 Å². The maximum Gasteiger partial charge on any atom is 0.317 e. The van der Waals surface area contributed by atoms with Gasteiger partial charge in [-0.25, -0.2) is 9.18 Å². The van der Waals surface area contributed by atoms with Gasteiger partial charge in [-0.15, -0.1) is 0 Å². The molecule has 5 amide bonds. The lowest BCUT2D eigenvalue weighted by Crippen LogP contribution is -2.59. The standard InChI is InChI=1S/C26H39FN6O4/c1-15(28-5)22(34)31-21(26(2,3)4)24(36)32-12-11-19-20(32)18(14-33(19)25(37)29-6)23(35)30-13-16-7-9-17(27)10-8-16/h7-10,15,18-21,28H,11-14H2,1-6H3,(H,29,37)(H,30,35)(H,31,34)/t15-,18+,19-,20-,21-/m1/s1. The molecular formula is C26H39FN6O4. The first-order chi connectivity index (χ1) is 17.4. The summed E-state index contributed by atoms with van der Waals surface area (Å²) in [5.74, 6) is -1.86. The zero-order chi connectivity index (χ0) is 27.5. The van der Waals surface area contributed by atoms with E-state index in [1.165, 1.54) is 19.2 Å². The van der Waals surface area contributed by atoms with Crippen LogP contribution >= 0.6 is 0 Å². The van der Waals surface area contributed by atoms with Crippen LogP contribution in [0.3, 0.4) is 0 Å². The molecule has 2 fully saturated rings. The van der Waals surface area contributed by atoms with Gasteiger partial charge in [0.05, 0.1) is 24.0 Å². The average Bonchev–Trinajstić information content (AvgIpc) is 3.45.